The molecule has 0 saturated carbocycles. The lowest BCUT2D eigenvalue weighted by Crippen LogP contribution is -2.22. The van der Waals surface area contributed by atoms with Gasteiger partial charge in [0.25, 0.3) is 5.91 Å². The smallest absolute Gasteiger partial charge is 0.348 e. The molecule has 3 N–H and O–H groups in total. The van der Waals surface area contributed by atoms with Crippen molar-refractivity contribution in [2.45, 2.75) is 26.6 Å². The van der Waals surface area contributed by atoms with Crippen molar-refractivity contribution in [1.82, 2.24) is 5.32 Å². The summed E-state index contributed by atoms with van der Waals surface area (Å²) in [7, 11) is 0. The van der Waals surface area contributed by atoms with Gasteiger partial charge in [0.2, 0.25) is 0 Å². The Morgan fingerprint density at radius 1 is 0.938 bits per heavy atom. The molecule has 4 rings (SSSR count). The van der Waals surface area contributed by atoms with Gasteiger partial charge in [0, 0.05) is 17.8 Å². The predicted molar refractivity (Wildman–Crippen MR) is 117 cm³/mol. The first kappa shape index (κ1) is 21.4. The molecule has 1 aliphatic heterocycles. The van der Waals surface area contributed by atoms with Gasteiger partial charge in [0.05, 0.1) is 11.3 Å². The molecule has 0 radical (unpaired) electrons. The standard InChI is InChI=1S/C24H20F3N3O2/c1-13-8-14(2)10-16(9-13)29-23(32)30-21-7-6-15(11-20(21)24(25,26)27)17-4-3-5-18-19(17)12-28-22(18)31/h3-11H,12H2,1-2H3,(H,28,31)(H2,29,30,32). The van der Waals surface area contributed by atoms with Crippen molar-refractivity contribution in [3.05, 3.63) is 82.4 Å². The number of hydrogen-bond acceptors (Lipinski definition) is 2. The summed E-state index contributed by atoms with van der Waals surface area (Å²) in [6, 6.07) is 13.3. The van der Waals surface area contributed by atoms with Crippen LogP contribution in [0.2, 0.25) is 0 Å². The van der Waals surface area contributed by atoms with Crippen LogP contribution in [-0.2, 0) is 12.7 Å². The molecule has 0 aromatic heterocycles. The van der Waals surface area contributed by atoms with E-state index in [9.17, 15) is 22.8 Å². The van der Waals surface area contributed by atoms with Crippen molar-refractivity contribution >= 4 is 23.3 Å². The van der Waals surface area contributed by atoms with Crippen LogP contribution in [0.5, 0.6) is 0 Å². The SMILES string of the molecule is Cc1cc(C)cc(NC(=O)Nc2ccc(-c3cccc4c3CNC4=O)cc2C(F)(F)F)c1. The quantitative estimate of drug-likeness (QED) is 0.477. The number of aryl methyl sites for hydroxylation is 2. The number of hydrogen-bond donors (Lipinski definition) is 3. The van der Waals surface area contributed by atoms with Gasteiger partial charge >= 0.3 is 12.2 Å². The second kappa shape index (κ2) is 8.03. The zero-order valence-electron chi connectivity index (χ0n) is 17.4. The summed E-state index contributed by atoms with van der Waals surface area (Å²) in [5, 5.41) is 7.56. The van der Waals surface area contributed by atoms with E-state index in [-0.39, 0.29) is 18.1 Å². The second-order valence-corrected chi connectivity index (χ2v) is 7.73. The highest BCUT2D eigenvalue weighted by molar-refractivity contribution is 6.02. The molecule has 0 atom stereocenters. The third kappa shape index (κ3) is 4.30. The minimum Gasteiger partial charge on any atom is -0.348 e. The van der Waals surface area contributed by atoms with Gasteiger partial charge in [-0.05, 0) is 72.0 Å². The van der Waals surface area contributed by atoms with Gasteiger partial charge in [0.1, 0.15) is 0 Å². The van der Waals surface area contributed by atoms with E-state index in [0.717, 1.165) is 17.2 Å². The zero-order chi connectivity index (χ0) is 23.0. The van der Waals surface area contributed by atoms with E-state index in [4.69, 9.17) is 0 Å². The van der Waals surface area contributed by atoms with E-state index in [1.807, 2.05) is 19.9 Å². The average molecular weight is 439 g/mol. The number of carbonyl (C=O) groups is 2. The number of amides is 3. The maximum Gasteiger partial charge on any atom is 0.418 e. The Hall–Kier alpha value is -3.81. The third-order valence-electron chi connectivity index (χ3n) is 5.21. The van der Waals surface area contributed by atoms with E-state index in [0.29, 0.717) is 27.9 Å². The number of urea groups is 1. The molecule has 1 aliphatic rings. The van der Waals surface area contributed by atoms with Gasteiger partial charge in [-0.25, -0.2) is 4.79 Å². The molecular formula is C24H20F3N3O2. The van der Waals surface area contributed by atoms with E-state index in [2.05, 4.69) is 16.0 Å². The van der Waals surface area contributed by atoms with Gasteiger partial charge in [-0.1, -0.05) is 24.3 Å². The summed E-state index contributed by atoms with van der Waals surface area (Å²) in [6.07, 6.45) is -4.69. The van der Waals surface area contributed by atoms with E-state index in [1.165, 1.54) is 12.1 Å². The van der Waals surface area contributed by atoms with Crippen LogP contribution in [0.4, 0.5) is 29.3 Å². The van der Waals surface area contributed by atoms with Gasteiger partial charge in [-0.3, -0.25) is 4.79 Å². The Balaban J connectivity index is 1.66. The summed E-state index contributed by atoms with van der Waals surface area (Å²) >= 11 is 0. The molecule has 164 valence electrons. The highest BCUT2D eigenvalue weighted by Crippen LogP contribution is 2.39. The largest absolute Gasteiger partial charge is 0.418 e. The number of fused-ring (bicyclic) bond motifs is 1. The molecule has 0 fully saturated rings. The summed E-state index contributed by atoms with van der Waals surface area (Å²) in [5.74, 6) is -0.251. The third-order valence-corrected chi connectivity index (χ3v) is 5.21. The maximum atomic E-state index is 13.8. The summed E-state index contributed by atoms with van der Waals surface area (Å²) in [5.41, 5.74) is 2.95. The van der Waals surface area contributed by atoms with Gasteiger partial charge < -0.3 is 16.0 Å². The minimum atomic E-state index is -4.69. The van der Waals surface area contributed by atoms with E-state index in [1.54, 1.807) is 30.3 Å². The summed E-state index contributed by atoms with van der Waals surface area (Å²) in [4.78, 5) is 24.3. The van der Waals surface area contributed by atoms with Crippen molar-refractivity contribution in [3.8, 4) is 11.1 Å². The van der Waals surface area contributed by atoms with Crippen molar-refractivity contribution < 1.29 is 22.8 Å². The number of benzene rings is 3. The Kier molecular flexibility index (Phi) is 5.38. The van der Waals surface area contributed by atoms with Crippen LogP contribution >= 0.6 is 0 Å². The number of nitrogens with one attached hydrogen (secondary N) is 3. The zero-order valence-corrected chi connectivity index (χ0v) is 17.4. The molecule has 0 unspecified atom stereocenters. The van der Waals surface area contributed by atoms with E-state index >= 15 is 0 Å². The molecule has 32 heavy (non-hydrogen) atoms. The monoisotopic (exact) mass is 439 g/mol. The molecule has 1 heterocycles. The van der Waals surface area contributed by atoms with Gasteiger partial charge in [-0.2, -0.15) is 13.2 Å². The Morgan fingerprint density at radius 3 is 2.31 bits per heavy atom. The van der Waals surface area contributed by atoms with Crippen molar-refractivity contribution in [1.29, 1.82) is 0 Å². The van der Waals surface area contributed by atoms with Crippen LogP contribution in [-0.4, -0.2) is 11.9 Å². The lowest BCUT2D eigenvalue weighted by molar-refractivity contribution is -0.136. The number of halogens is 3. The maximum absolute atomic E-state index is 13.8. The normalized spacial score (nSPS) is 12.8. The molecule has 3 aromatic carbocycles. The fraction of sp³-hybridized carbons (Fsp3) is 0.167. The molecule has 5 nitrogen and oxygen atoms in total. The van der Waals surface area contributed by atoms with Crippen molar-refractivity contribution in [2.24, 2.45) is 0 Å². The minimum absolute atomic E-state index is 0.251. The fourth-order valence-electron chi connectivity index (χ4n) is 3.91. The van der Waals surface area contributed by atoms with Crippen LogP contribution in [0.25, 0.3) is 11.1 Å². The lowest BCUT2D eigenvalue weighted by atomic mass is 9.95. The summed E-state index contributed by atoms with van der Waals surface area (Å²) in [6.45, 7) is 3.98. The first-order valence-electron chi connectivity index (χ1n) is 9.90. The highest BCUT2D eigenvalue weighted by Gasteiger charge is 2.35. The Labute approximate surface area is 182 Å². The molecule has 0 spiro atoms. The molecular weight excluding hydrogens is 419 g/mol. The molecule has 3 amide bonds. The number of alkyl halides is 3. The topological polar surface area (TPSA) is 70.2 Å². The molecule has 3 aromatic rings. The molecule has 0 aliphatic carbocycles. The van der Waals surface area contributed by atoms with Crippen LogP contribution in [0, 0.1) is 13.8 Å². The van der Waals surface area contributed by atoms with Crippen LogP contribution in [0.15, 0.2) is 54.6 Å². The number of anilines is 2. The molecule has 0 saturated heterocycles. The average Bonchev–Trinajstić information content (AvgIpc) is 3.08. The van der Waals surface area contributed by atoms with Gasteiger partial charge in [-0.15, -0.1) is 0 Å². The van der Waals surface area contributed by atoms with Gasteiger partial charge in [0.15, 0.2) is 0 Å². The number of carbonyl (C=O) groups excluding carboxylic acids is 2. The first-order chi connectivity index (χ1) is 15.1. The Morgan fingerprint density at radius 2 is 1.62 bits per heavy atom. The predicted octanol–water partition coefficient (Wildman–Crippen LogP) is 5.88. The van der Waals surface area contributed by atoms with Crippen LogP contribution in [0.3, 0.4) is 0 Å². The summed E-state index contributed by atoms with van der Waals surface area (Å²) < 4.78 is 41.5. The number of rotatable bonds is 3. The van der Waals surface area contributed by atoms with E-state index < -0.39 is 17.8 Å². The highest BCUT2D eigenvalue weighted by atomic mass is 19.4. The van der Waals surface area contributed by atoms with Crippen LogP contribution in [0.1, 0.15) is 32.6 Å². The first-order valence-corrected chi connectivity index (χ1v) is 9.90. The lowest BCUT2D eigenvalue weighted by Gasteiger charge is -2.17. The molecule has 8 heteroatoms. The molecule has 0 bridgehead atoms. The second-order valence-electron chi connectivity index (χ2n) is 7.73. The Bertz CT molecular complexity index is 1220. The van der Waals surface area contributed by atoms with Crippen LogP contribution < -0.4 is 16.0 Å². The van der Waals surface area contributed by atoms with Crippen molar-refractivity contribution in [3.63, 3.8) is 0 Å². The fourth-order valence-corrected chi connectivity index (χ4v) is 3.91. The van der Waals surface area contributed by atoms with Crippen molar-refractivity contribution in [2.75, 3.05) is 10.6 Å².